The first-order chi connectivity index (χ1) is 15.5. The summed E-state index contributed by atoms with van der Waals surface area (Å²) < 4.78 is 0. The van der Waals surface area contributed by atoms with Crippen LogP contribution in [-0.4, -0.2) is 64.7 Å². The molecule has 1 aromatic heterocycles. The van der Waals surface area contributed by atoms with Crippen molar-refractivity contribution >= 4 is 35.1 Å². The number of piperidine rings is 1. The van der Waals surface area contributed by atoms with E-state index in [0.29, 0.717) is 23.6 Å². The predicted octanol–water partition coefficient (Wildman–Crippen LogP) is 1.82. The Morgan fingerprint density at radius 1 is 1.09 bits per heavy atom. The molecule has 4 heterocycles. The van der Waals surface area contributed by atoms with Gasteiger partial charge >= 0.3 is 0 Å². The van der Waals surface area contributed by atoms with Crippen LogP contribution in [0.25, 0.3) is 0 Å². The van der Waals surface area contributed by atoms with E-state index in [0.717, 1.165) is 49.7 Å². The van der Waals surface area contributed by atoms with Crippen LogP contribution in [0.15, 0.2) is 36.5 Å². The standard InChI is InChI=1S/C23H24ClN5O3/c24-18-2-1-7-25-21(18)28-10-8-27(9-11-28)13-15-3-4-17-16(12-15)14-29(23(17)32)19-5-6-20(30)26-22(19)31/h1-4,7,12,19H,5-6,8-11,13-14H2,(H,26,30,31). The molecule has 1 atom stereocenters. The third-order valence-corrected chi connectivity index (χ3v) is 6.70. The average Bonchev–Trinajstić information content (AvgIpc) is 3.10. The predicted molar refractivity (Wildman–Crippen MR) is 119 cm³/mol. The monoisotopic (exact) mass is 453 g/mol. The first-order valence-corrected chi connectivity index (χ1v) is 11.2. The number of benzene rings is 1. The quantitative estimate of drug-likeness (QED) is 0.711. The number of piperazine rings is 1. The van der Waals surface area contributed by atoms with Crippen molar-refractivity contribution in [3.8, 4) is 0 Å². The molecule has 8 nitrogen and oxygen atoms in total. The fourth-order valence-electron chi connectivity index (χ4n) is 4.71. The Kier molecular flexibility index (Phi) is 5.57. The highest BCUT2D eigenvalue weighted by molar-refractivity contribution is 6.32. The molecule has 1 unspecified atom stereocenters. The number of hydrogen-bond donors (Lipinski definition) is 1. The molecule has 3 amide bonds. The molecule has 0 bridgehead atoms. The summed E-state index contributed by atoms with van der Waals surface area (Å²) in [5.74, 6) is 0.0388. The van der Waals surface area contributed by atoms with Crippen LogP contribution in [0.1, 0.15) is 34.3 Å². The number of aromatic nitrogens is 1. The van der Waals surface area contributed by atoms with E-state index in [1.54, 1.807) is 11.1 Å². The van der Waals surface area contributed by atoms with Gasteiger partial charge in [0.2, 0.25) is 11.8 Å². The van der Waals surface area contributed by atoms with E-state index in [-0.39, 0.29) is 24.1 Å². The number of fused-ring (bicyclic) bond motifs is 1. The number of hydrogen-bond acceptors (Lipinski definition) is 6. The molecule has 2 fully saturated rings. The van der Waals surface area contributed by atoms with Crippen LogP contribution in [0.3, 0.4) is 0 Å². The maximum atomic E-state index is 12.9. The summed E-state index contributed by atoms with van der Waals surface area (Å²) in [6, 6.07) is 9.04. The Labute approximate surface area is 191 Å². The number of pyridine rings is 1. The summed E-state index contributed by atoms with van der Waals surface area (Å²) >= 11 is 6.28. The van der Waals surface area contributed by atoms with Crippen molar-refractivity contribution in [1.82, 2.24) is 20.1 Å². The Balaban J connectivity index is 1.22. The van der Waals surface area contributed by atoms with Crippen LogP contribution in [0.5, 0.6) is 0 Å². The van der Waals surface area contributed by atoms with Crippen molar-refractivity contribution in [2.45, 2.75) is 32.0 Å². The lowest BCUT2D eigenvalue weighted by atomic mass is 10.0. The lowest BCUT2D eigenvalue weighted by Gasteiger charge is -2.35. The third-order valence-electron chi connectivity index (χ3n) is 6.41. The molecule has 2 saturated heterocycles. The van der Waals surface area contributed by atoms with Gasteiger partial charge in [0, 0.05) is 57.4 Å². The Morgan fingerprint density at radius 2 is 1.91 bits per heavy atom. The number of amides is 3. The SMILES string of the molecule is O=C1CCC(N2Cc3cc(CN4CCN(c5ncccc5Cl)CC4)ccc3C2=O)C(=O)N1. The van der Waals surface area contributed by atoms with E-state index < -0.39 is 6.04 Å². The lowest BCUT2D eigenvalue weighted by molar-refractivity contribution is -0.136. The average molecular weight is 454 g/mol. The number of rotatable bonds is 4. The minimum atomic E-state index is -0.581. The summed E-state index contributed by atoms with van der Waals surface area (Å²) in [7, 11) is 0. The van der Waals surface area contributed by atoms with Gasteiger partial charge in [-0.25, -0.2) is 4.98 Å². The van der Waals surface area contributed by atoms with Crippen LogP contribution in [-0.2, 0) is 22.7 Å². The van der Waals surface area contributed by atoms with Crippen LogP contribution < -0.4 is 10.2 Å². The molecule has 1 aromatic carbocycles. The number of anilines is 1. The van der Waals surface area contributed by atoms with Gasteiger partial charge in [0.1, 0.15) is 11.9 Å². The molecule has 0 radical (unpaired) electrons. The Bertz CT molecular complexity index is 1080. The highest BCUT2D eigenvalue weighted by Gasteiger charge is 2.39. The minimum Gasteiger partial charge on any atom is -0.353 e. The minimum absolute atomic E-state index is 0.137. The van der Waals surface area contributed by atoms with Gasteiger partial charge in [-0.05, 0) is 35.7 Å². The van der Waals surface area contributed by atoms with Crippen LogP contribution in [0.2, 0.25) is 5.02 Å². The molecule has 3 aliphatic rings. The third kappa shape index (κ3) is 3.96. The van der Waals surface area contributed by atoms with E-state index in [1.165, 1.54) is 0 Å². The molecule has 9 heteroatoms. The zero-order valence-electron chi connectivity index (χ0n) is 17.6. The molecule has 0 saturated carbocycles. The zero-order valence-corrected chi connectivity index (χ0v) is 18.3. The van der Waals surface area contributed by atoms with Gasteiger partial charge < -0.3 is 9.80 Å². The largest absolute Gasteiger partial charge is 0.353 e. The van der Waals surface area contributed by atoms with Crippen molar-refractivity contribution in [2.24, 2.45) is 0 Å². The molecule has 0 spiro atoms. The molecule has 1 N–H and O–H groups in total. The summed E-state index contributed by atoms with van der Waals surface area (Å²) in [6.45, 7) is 4.69. The summed E-state index contributed by atoms with van der Waals surface area (Å²) in [6.07, 6.45) is 2.40. The highest BCUT2D eigenvalue weighted by Crippen LogP contribution is 2.29. The van der Waals surface area contributed by atoms with E-state index in [9.17, 15) is 14.4 Å². The molecule has 32 heavy (non-hydrogen) atoms. The molecule has 2 aromatic rings. The molecule has 3 aliphatic heterocycles. The first kappa shape index (κ1) is 20.9. The van der Waals surface area contributed by atoms with Crippen LogP contribution in [0, 0.1) is 0 Å². The van der Waals surface area contributed by atoms with E-state index in [4.69, 9.17) is 11.6 Å². The van der Waals surface area contributed by atoms with E-state index in [1.807, 2.05) is 24.3 Å². The maximum absolute atomic E-state index is 12.9. The van der Waals surface area contributed by atoms with Gasteiger partial charge in [-0.1, -0.05) is 23.7 Å². The van der Waals surface area contributed by atoms with Crippen LogP contribution >= 0.6 is 11.6 Å². The molecule has 5 rings (SSSR count). The zero-order chi connectivity index (χ0) is 22.2. The van der Waals surface area contributed by atoms with Crippen molar-refractivity contribution in [3.63, 3.8) is 0 Å². The summed E-state index contributed by atoms with van der Waals surface area (Å²) in [4.78, 5) is 47.1. The second kappa shape index (κ2) is 8.52. The second-order valence-corrected chi connectivity index (χ2v) is 8.87. The molecule has 166 valence electrons. The second-order valence-electron chi connectivity index (χ2n) is 8.46. The number of carbonyl (C=O) groups excluding carboxylic acids is 3. The van der Waals surface area contributed by atoms with Gasteiger partial charge in [-0.15, -0.1) is 0 Å². The van der Waals surface area contributed by atoms with Crippen molar-refractivity contribution < 1.29 is 14.4 Å². The topological polar surface area (TPSA) is 85.9 Å². The summed E-state index contributed by atoms with van der Waals surface area (Å²) in [5, 5.41) is 3.01. The highest BCUT2D eigenvalue weighted by atomic mass is 35.5. The fraction of sp³-hybridized carbons (Fsp3) is 0.391. The van der Waals surface area contributed by atoms with E-state index in [2.05, 4.69) is 26.2 Å². The molecule has 0 aliphatic carbocycles. The van der Waals surface area contributed by atoms with Gasteiger partial charge in [-0.3, -0.25) is 24.6 Å². The van der Waals surface area contributed by atoms with Gasteiger partial charge in [-0.2, -0.15) is 0 Å². The smallest absolute Gasteiger partial charge is 0.255 e. The summed E-state index contributed by atoms with van der Waals surface area (Å²) in [5.41, 5.74) is 2.73. The van der Waals surface area contributed by atoms with Gasteiger partial charge in [0.25, 0.3) is 5.91 Å². The van der Waals surface area contributed by atoms with E-state index >= 15 is 0 Å². The fourth-order valence-corrected chi connectivity index (χ4v) is 4.95. The number of imide groups is 1. The lowest BCUT2D eigenvalue weighted by Crippen LogP contribution is -2.52. The van der Waals surface area contributed by atoms with Crippen molar-refractivity contribution in [1.29, 1.82) is 0 Å². The van der Waals surface area contributed by atoms with Gasteiger partial charge in [0.15, 0.2) is 0 Å². The number of nitrogens with one attached hydrogen (secondary N) is 1. The number of carbonyl (C=O) groups is 3. The maximum Gasteiger partial charge on any atom is 0.255 e. The Hall–Kier alpha value is -2.97. The Morgan fingerprint density at radius 3 is 2.66 bits per heavy atom. The number of nitrogens with zero attached hydrogens (tertiary/aromatic N) is 4. The van der Waals surface area contributed by atoms with Gasteiger partial charge in [0.05, 0.1) is 5.02 Å². The number of halogens is 1. The first-order valence-electron chi connectivity index (χ1n) is 10.8. The van der Waals surface area contributed by atoms with Crippen LogP contribution in [0.4, 0.5) is 5.82 Å². The molecular weight excluding hydrogens is 430 g/mol. The molecular formula is C23H24ClN5O3. The van der Waals surface area contributed by atoms with Crippen molar-refractivity contribution in [3.05, 3.63) is 58.2 Å². The normalized spacial score (nSPS) is 21.7. The van der Waals surface area contributed by atoms with Crippen molar-refractivity contribution in [2.75, 3.05) is 31.1 Å².